The molecule has 0 aromatic carbocycles. The lowest BCUT2D eigenvalue weighted by atomic mass is 9.79. The van der Waals surface area contributed by atoms with Crippen molar-refractivity contribution in [1.82, 2.24) is 15.1 Å². The molecule has 1 saturated carbocycles. The van der Waals surface area contributed by atoms with Gasteiger partial charge in [0, 0.05) is 31.2 Å². The second-order valence-electron chi connectivity index (χ2n) is 7.09. The maximum absolute atomic E-state index is 3.61. The molecule has 0 aromatic heterocycles. The first-order valence-electron chi connectivity index (χ1n) is 9.38. The summed E-state index contributed by atoms with van der Waals surface area (Å²) in [4.78, 5) is 5.46. The lowest BCUT2D eigenvalue weighted by Gasteiger charge is -2.41. The maximum atomic E-state index is 3.61. The van der Waals surface area contributed by atoms with Gasteiger partial charge in [-0.2, -0.15) is 0 Å². The fraction of sp³-hybridized carbons (Fsp3) is 1.00. The Morgan fingerprint density at radius 2 is 1.86 bits per heavy atom. The van der Waals surface area contributed by atoms with Gasteiger partial charge in [-0.05, 0) is 51.7 Å². The van der Waals surface area contributed by atoms with Crippen LogP contribution in [0.2, 0.25) is 0 Å². The molecule has 3 heteroatoms. The summed E-state index contributed by atoms with van der Waals surface area (Å²) in [6, 6.07) is 2.29. The Morgan fingerprint density at radius 3 is 2.48 bits per heavy atom. The molecule has 2 fully saturated rings. The zero-order valence-corrected chi connectivity index (χ0v) is 14.8. The van der Waals surface area contributed by atoms with Crippen LogP contribution in [0.3, 0.4) is 0 Å². The molecule has 124 valence electrons. The molecular weight excluding hydrogens is 258 g/mol. The SMILES string of the molecule is CCCC1CCC(NC)C(N2CCC(N(CC)CC)C2)C1. The van der Waals surface area contributed by atoms with E-state index in [1.807, 2.05) is 0 Å². The van der Waals surface area contributed by atoms with Crippen LogP contribution in [0.15, 0.2) is 0 Å². The highest BCUT2D eigenvalue weighted by Crippen LogP contribution is 2.33. The molecule has 3 nitrogen and oxygen atoms in total. The fourth-order valence-electron chi connectivity index (χ4n) is 4.75. The van der Waals surface area contributed by atoms with Gasteiger partial charge in [0.05, 0.1) is 0 Å². The van der Waals surface area contributed by atoms with Crippen LogP contribution in [0.1, 0.15) is 59.3 Å². The van der Waals surface area contributed by atoms with E-state index in [-0.39, 0.29) is 0 Å². The van der Waals surface area contributed by atoms with Crippen molar-refractivity contribution in [3.8, 4) is 0 Å². The van der Waals surface area contributed by atoms with Gasteiger partial charge < -0.3 is 5.32 Å². The van der Waals surface area contributed by atoms with E-state index in [0.717, 1.165) is 18.0 Å². The largest absolute Gasteiger partial charge is 0.315 e. The quantitative estimate of drug-likeness (QED) is 0.779. The topological polar surface area (TPSA) is 18.5 Å². The van der Waals surface area contributed by atoms with Crippen molar-refractivity contribution in [3.05, 3.63) is 0 Å². The van der Waals surface area contributed by atoms with Gasteiger partial charge in [0.2, 0.25) is 0 Å². The second kappa shape index (κ2) is 8.50. The van der Waals surface area contributed by atoms with Crippen LogP contribution in [0, 0.1) is 5.92 Å². The van der Waals surface area contributed by atoms with E-state index in [4.69, 9.17) is 0 Å². The summed E-state index contributed by atoms with van der Waals surface area (Å²) in [6.07, 6.45) is 8.38. The van der Waals surface area contributed by atoms with E-state index in [9.17, 15) is 0 Å². The summed E-state index contributed by atoms with van der Waals surface area (Å²) in [6.45, 7) is 12.0. The summed E-state index contributed by atoms with van der Waals surface area (Å²) >= 11 is 0. The molecule has 0 radical (unpaired) electrons. The van der Waals surface area contributed by atoms with E-state index in [2.05, 4.69) is 42.9 Å². The monoisotopic (exact) mass is 295 g/mol. The minimum atomic E-state index is 0.716. The third kappa shape index (κ3) is 4.20. The summed E-state index contributed by atoms with van der Waals surface area (Å²) < 4.78 is 0. The van der Waals surface area contributed by atoms with Crippen LogP contribution in [0.5, 0.6) is 0 Å². The average Bonchev–Trinajstić information content (AvgIpc) is 2.98. The molecule has 1 saturated heterocycles. The highest BCUT2D eigenvalue weighted by atomic mass is 15.3. The lowest BCUT2D eigenvalue weighted by Crippen LogP contribution is -2.52. The van der Waals surface area contributed by atoms with Crippen molar-refractivity contribution >= 4 is 0 Å². The molecule has 2 rings (SSSR count). The first-order chi connectivity index (χ1) is 10.2. The molecule has 0 bridgehead atoms. The summed E-state index contributed by atoms with van der Waals surface area (Å²) in [5.41, 5.74) is 0. The number of nitrogens with zero attached hydrogens (tertiary/aromatic N) is 2. The van der Waals surface area contributed by atoms with Crippen molar-refractivity contribution in [2.45, 2.75) is 77.4 Å². The molecule has 1 N–H and O–H groups in total. The molecule has 4 unspecified atom stereocenters. The number of likely N-dealkylation sites (tertiary alicyclic amines) is 1. The maximum Gasteiger partial charge on any atom is 0.0252 e. The predicted molar refractivity (Wildman–Crippen MR) is 91.8 cm³/mol. The van der Waals surface area contributed by atoms with Gasteiger partial charge in [-0.15, -0.1) is 0 Å². The zero-order valence-electron chi connectivity index (χ0n) is 14.8. The number of likely N-dealkylation sites (N-methyl/N-ethyl adjacent to an activating group) is 2. The highest BCUT2D eigenvalue weighted by Gasteiger charge is 2.37. The number of hydrogen-bond donors (Lipinski definition) is 1. The first-order valence-corrected chi connectivity index (χ1v) is 9.38. The molecule has 1 heterocycles. The van der Waals surface area contributed by atoms with Crippen LogP contribution in [-0.4, -0.2) is 61.2 Å². The van der Waals surface area contributed by atoms with E-state index in [1.54, 1.807) is 0 Å². The van der Waals surface area contributed by atoms with Crippen molar-refractivity contribution in [1.29, 1.82) is 0 Å². The van der Waals surface area contributed by atoms with Gasteiger partial charge in [0.25, 0.3) is 0 Å². The standard InChI is InChI=1S/C18H37N3/c1-5-8-15-9-10-17(19-4)18(13-15)21-12-11-16(14-21)20(6-2)7-3/h15-19H,5-14H2,1-4H3. The Hall–Kier alpha value is -0.120. The average molecular weight is 296 g/mol. The minimum Gasteiger partial charge on any atom is -0.315 e. The van der Waals surface area contributed by atoms with E-state index < -0.39 is 0 Å². The highest BCUT2D eigenvalue weighted by molar-refractivity contribution is 4.95. The molecule has 1 aliphatic carbocycles. The Bertz CT molecular complexity index is 290. The summed E-state index contributed by atoms with van der Waals surface area (Å²) in [5, 5.41) is 3.61. The molecule has 0 spiro atoms. The van der Waals surface area contributed by atoms with E-state index in [0.29, 0.717) is 6.04 Å². The van der Waals surface area contributed by atoms with Crippen LogP contribution in [0.25, 0.3) is 0 Å². The molecule has 4 atom stereocenters. The first kappa shape index (κ1) is 17.2. The zero-order chi connectivity index (χ0) is 15.2. The Labute approximate surface area is 132 Å². The number of hydrogen-bond acceptors (Lipinski definition) is 3. The summed E-state index contributed by atoms with van der Waals surface area (Å²) in [5.74, 6) is 0.970. The third-order valence-corrected chi connectivity index (χ3v) is 5.99. The van der Waals surface area contributed by atoms with Crippen molar-refractivity contribution in [3.63, 3.8) is 0 Å². The fourth-order valence-corrected chi connectivity index (χ4v) is 4.75. The van der Waals surface area contributed by atoms with Gasteiger partial charge in [0.15, 0.2) is 0 Å². The van der Waals surface area contributed by atoms with Crippen LogP contribution in [0.4, 0.5) is 0 Å². The minimum absolute atomic E-state index is 0.716. The smallest absolute Gasteiger partial charge is 0.0252 e. The third-order valence-electron chi connectivity index (χ3n) is 5.99. The molecule has 21 heavy (non-hydrogen) atoms. The van der Waals surface area contributed by atoms with Crippen LogP contribution in [-0.2, 0) is 0 Å². The Morgan fingerprint density at radius 1 is 1.10 bits per heavy atom. The van der Waals surface area contributed by atoms with Gasteiger partial charge in [-0.1, -0.05) is 33.6 Å². The van der Waals surface area contributed by atoms with Gasteiger partial charge in [0.1, 0.15) is 0 Å². The van der Waals surface area contributed by atoms with Gasteiger partial charge in [-0.3, -0.25) is 9.80 Å². The number of rotatable bonds is 7. The predicted octanol–water partition coefficient (Wildman–Crippen LogP) is 2.96. The van der Waals surface area contributed by atoms with Crippen molar-refractivity contribution < 1.29 is 0 Å². The molecule has 0 aromatic rings. The number of nitrogens with one attached hydrogen (secondary N) is 1. The Balaban J connectivity index is 1.94. The van der Waals surface area contributed by atoms with Crippen LogP contribution >= 0.6 is 0 Å². The molecule has 1 aliphatic heterocycles. The van der Waals surface area contributed by atoms with Gasteiger partial charge >= 0.3 is 0 Å². The molecule has 0 amide bonds. The lowest BCUT2D eigenvalue weighted by molar-refractivity contribution is 0.107. The molecular formula is C18H37N3. The Kier molecular flexibility index (Phi) is 6.97. The molecule has 2 aliphatic rings. The summed E-state index contributed by atoms with van der Waals surface area (Å²) in [7, 11) is 2.16. The van der Waals surface area contributed by atoms with E-state index >= 15 is 0 Å². The van der Waals surface area contributed by atoms with Gasteiger partial charge in [-0.25, -0.2) is 0 Å². The van der Waals surface area contributed by atoms with Crippen molar-refractivity contribution in [2.75, 3.05) is 33.2 Å². The van der Waals surface area contributed by atoms with E-state index in [1.165, 1.54) is 64.7 Å². The normalized spacial score (nSPS) is 34.7. The second-order valence-corrected chi connectivity index (χ2v) is 7.09. The van der Waals surface area contributed by atoms with Crippen molar-refractivity contribution in [2.24, 2.45) is 5.92 Å². The van der Waals surface area contributed by atoms with Crippen LogP contribution < -0.4 is 5.32 Å².